The van der Waals surface area contributed by atoms with Crippen LogP contribution in [0.1, 0.15) is 0 Å². The highest BCUT2D eigenvalue weighted by molar-refractivity contribution is 7.90. The molecule has 0 bridgehead atoms. The Balaban J connectivity index is 6.83. The number of hydrogen-bond acceptors (Lipinski definition) is 3. The first-order valence-corrected chi connectivity index (χ1v) is 7.13. The third-order valence-electron chi connectivity index (χ3n) is 2.66. The predicted octanol–water partition coefficient (Wildman–Crippen LogP) is 3.28. The number of carbonyl (C=O) groups is 1. The summed E-state index contributed by atoms with van der Waals surface area (Å²) in [6.45, 7) is -3.36. The quantitative estimate of drug-likeness (QED) is 0.453. The highest BCUT2D eigenvalue weighted by Crippen LogP contribution is 2.56. The van der Waals surface area contributed by atoms with Gasteiger partial charge in [-0.2, -0.15) is 61.5 Å². The van der Waals surface area contributed by atoms with Crippen molar-refractivity contribution < 1.29 is 79.8 Å². The minimum atomic E-state index is -8.52. The van der Waals surface area contributed by atoms with Gasteiger partial charge in [-0.1, -0.05) is 0 Å². The fourth-order valence-electron chi connectivity index (χ4n) is 1.26. The molecule has 0 saturated heterocycles. The highest BCUT2D eigenvalue weighted by Gasteiger charge is 2.87. The summed E-state index contributed by atoms with van der Waals surface area (Å²) >= 11 is 0. The van der Waals surface area contributed by atoms with E-state index in [1.54, 1.807) is 0 Å². The van der Waals surface area contributed by atoms with Crippen molar-refractivity contribution in [3.63, 3.8) is 0 Å². The molecule has 0 aliphatic heterocycles. The van der Waals surface area contributed by atoms with Crippen LogP contribution in [0.25, 0.3) is 0 Å². The summed E-state index contributed by atoms with van der Waals surface area (Å²) in [6.07, 6.45) is -14.9. The van der Waals surface area contributed by atoms with Crippen molar-refractivity contribution in [2.24, 2.45) is 0 Å². The molecule has 0 spiro atoms. The molecule has 0 aliphatic rings. The molecule has 0 heterocycles. The summed E-state index contributed by atoms with van der Waals surface area (Å²) < 4.78 is 196. The van der Waals surface area contributed by atoms with Gasteiger partial charge in [-0.25, -0.2) is 8.42 Å². The number of rotatable bonds is 7. The molecule has 0 fully saturated rings. The summed E-state index contributed by atoms with van der Waals surface area (Å²) in [5.41, 5.74) is 0. The molecule has 0 aromatic carbocycles. The molecule has 0 rings (SSSR count). The Morgan fingerprint density at radius 3 is 1.32 bits per heavy atom. The molecule has 168 valence electrons. The van der Waals surface area contributed by atoms with Gasteiger partial charge in [-0.3, -0.25) is 4.79 Å². The van der Waals surface area contributed by atoms with Crippen LogP contribution in [0.4, 0.5) is 61.5 Å². The van der Waals surface area contributed by atoms with E-state index in [1.807, 2.05) is 0 Å². The summed E-state index contributed by atoms with van der Waals surface area (Å²) in [4.78, 5) is 10.2. The topological polar surface area (TPSA) is 74.7 Å². The van der Waals surface area contributed by atoms with Crippen molar-refractivity contribution >= 4 is 16.0 Å². The maximum Gasteiger partial charge on any atom is 0.470 e. The molecule has 0 aromatic heterocycles. The van der Waals surface area contributed by atoms with E-state index in [0.717, 1.165) is 0 Å². The van der Waals surface area contributed by atoms with Gasteiger partial charge < -0.3 is 5.11 Å². The molecule has 0 radical (unpaired) electrons. The number of hydrogen-bond donors (Lipinski definition) is 1. The van der Waals surface area contributed by atoms with Crippen LogP contribution < -0.4 is 0 Å². The second-order valence-corrected chi connectivity index (χ2v) is 6.51. The Kier molecular flexibility index (Phi) is 6.35. The SMILES string of the molecule is O=C(O)CN(C(F)(F)C(F)(F)F)S(=O)(=O)C(F)(F)C(F)(F)C(F)(F)C(F)(F)F. The Labute approximate surface area is 143 Å². The fourth-order valence-corrected chi connectivity index (χ4v) is 2.68. The lowest BCUT2D eigenvalue weighted by molar-refractivity contribution is -0.383. The Morgan fingerprint density at radius 2 is 1.07 bits per heavy atom. The zero-order valence-corrected chi connectivity index (χ0v) is 12.8. The molecular weight excluding hydrogens is 472 g/mol. The second kappa shape index (κ2) is 6.73. The number of halogens is 14. The van der Waals surface area contributed by atoms with Gasteiger partial charge in [0.2, 0.25) is 0 Å². The van der Waals surface area contributed by atoms with E-state index in [-0.39, 0.29) is 0 Å². The van der Waals surface area contributed by atoms with Crippen LogP contribution in [0.5, 0.6) is 0 Å². The monoisotopic (exact) mass is 475 g/mol. The second-order valence-electron chi connectivity index (χ2n) is 4.61. The number of aliphatic carboxylic acids is 1. The lowest BCUT2D eigenvalue weighted by Crippen LogP contribution is -2.68. The Morgan fingerprint density at radius 1 is 0.714 bits per heavy atom. The van der Waals surface area contributed by atoms with Crippen molar-refractivity contribution in [2.45, 2.75) is 35.5 Å². The zero-order chi connectivity index (χ0) is 23.4. The van der Waals surface area contributed by atoms with E-state index in [2.05, 4.69) is 0 Å². The summed E-state index contributed by atoms with van der Waals surface area (Å²) in [6, 6.07) is -7.22. The molecule has 0 atom stereocenters. The van der Waals surface area contributed by atoms with Crippen LogP contribution in [0.15, 0.2) is 0 Å². The van der Waals surface area contributed by atoms with E-state index in [0.29, 0.717) is 0 Å². The van der Waals surface area contributed by atoms with E-state index in [9.17, 15) is 74.7 Å². The van der Waals surface area contributed by atoms with Gasteiger partial charge in [0.15, 0.2) is 0 Å². The van der Waals surface area contributed by atoms with Crippen LogP contribution in [-0.2, 0) is 14.8 Å². The Hall–Kier alpha value is -1.60. The van der Waals surface area contributed by atoms with Crippen molar-refractivity contribution in [1.29, 1.82) is 0 Å². The molecule has 20 heteroatoms. The standard InChI is InChI=1S/C8H3F14NO4S/c9-3(10,5(13,14)15)4(11,12)8(21,22)28(26,27)23(1-2(24)25)7(19,20)6(16,17)18/h1H2,(H,24,25). The van der Waals surface area contributed by atoms with Crippen LogP contribution >= 0.6 is 0 Å². The molecule has 0 aromatic rings. The summed E-state index contributed by atoms with van der Waals surface area (Å²) in [5.74, 6) is -19.2. The van der Waals surface area contributed by atoms with E-state index in [1.165, 1.54) is 0 Å². The number of alkyl halides is 14. The van der Waals surface area contributed by atoms with Gasteiger partial charge in [-0.15, -0.1) is 4.31 Å². The molecule has 0 saturated carbocycles. The molecule has 5 nitrogen and oxygen atoms in total. The maximum absolute atomic E-state index is 13.4. The van der Waals surface area contributed by atoms with Gasteiger partial charge in [0.05, 0.1) is 0 Å². The molecule has 0 amide bonds. The average molecular weight is 475 g/mol. The van der Waals surface area contributed by atoms with Crippen molar-refractivity contribution in [3.8, 4) is 0 Å². The van der Waals surface area contributed by atoms with Crippen LogP contribution in [0.3, 0.4) is 0 Å². The van der Waals surface area contributed by atoms with Gasteiger partial charge in [-0.05, 0) is 0 Å². The van der Waals surface area contributed by atoms with Crippen LogP contribution in [-0.4, -0.2) is 65.8 Å². The summed E-state index contributed by atoms with van der Waals surface area (Å²) in [5, 5.41) is 0.0836. The van der Waals surface area contributed by atoms with Gasteiger partial charge in [0.25, 0.3) is 10.0 Å². The van der Waals surface area contributed by atoms with Crippen molar-refractivity contribution in [2.75, 3.05) is 6.54 Å². The number of carboxylic acids is 1. The van der Waals surface area contributed by atoms with E-state index < -0.39 is 62.3 Å². The van der Waals surface area contributed by atoms with Crippen molar-refractivity contribution in [3.05, 3.63) is 0 Å². The minimum Gasteiger partial charge on any atom is -0.480 e. The first-order valence-electron chi connectivity index (χ1n) is 5.69. The van der Waals surface area contributed by atoms with Gasteiger partial charge >= 0.3 is 41.5 Å². The van der Waals surface area contributed by atoms with Gasteiger partial charge in [0.1, 0.15) is 6.54 Å². The number of carboxylic acid groups (broad SMARTS) is 1. The maximum atomic E-state index is 13.4. The first kappa shape index (κ1) is 26.4. The normalized spacial score (nSPS) is 15.8. The third-order valence-corrected chi connectivity index (χ3v) is 4.51. The van der Waals surface area contributed by atoms with Gasteiger partial charge in [0, 0.05) is 0 Å². The molecular formula is C8H3F14NO4S. The molecule has 0 aliphatic carbocycles. The molecule has 28 heavy (non-hydrogen) atoms. The largest absolute Gasteiger partial charge is 0.480 e. The lowest BCUT2D eigenvalue weighted by Gasteiger charge is -2.37. The molecule has 0 unspecified atom stereocenters. The minimum absolute atomic E-state index is 3.12. The smallest absolute Gasteiger partial charge is 0.470 e. The lowest BCUT2D eigenvalue weighted by atomic mass is 10.1. The van der Waals surface area contributed by atoms with Crippen molar-refractivity contribution in [1.82, 2.24) is 4.31 Å². The highest BCUT2D eigenvalue weighted by atomic mass is 32.2. The van der Waals surface area contributed by atoms with Crippen LogP contribution in [0.2, 0.25) is 0 Å². The predicted molar refractivity (Wildman–Crippen MR) is 55.2 cm³/mol. The molecule has 1 N–H and O–H groups in total. The zero-order valence-electron chi connectivity index (χ0n) is 12.0. The first-order chi connectivity index (χ1) is 11.8. The van der Waals surface area contributed by atoms with E-state index in [4.69, 9.17) is 5.11 Å². The Bertz CT molecular complexity index is 708. The number of sulfonamides is 1. The summed E-state index contributed by atoms with van der Waals surface area (Å²) in [7, 11) is -8.52. The average Bonchev–Trinajstić information content (AvgIpc) is 2.41. The van der Waals surface area contributed by atoms with E-state index >= 15 is 0 Å². The number of nitrogens with zero attached hydrogens (tertiary/aromatic N) is 1. The third kappa shape index (κ3) is 3.79. The fraction of sp³-hybridized carbons (Fsp3) is 0.875. The van der Waals surface area contributed by atoms with Crippen LogP contribution in [0, 0.1) is 0 Å².